The van der Waals surface area contributed by atoms with E-state index >= 15 is 0 Å². The lowest BCUT2D eigenvalue weighted by Gasteiger charge is -2.37. The first-order valence-corrected chi connectivity index (χ1v) is 10.8. The van der Waals surface area contributed by atoms with Crippen LogP contribution < -0.4 is 5.73 Å². The normalized spacial score (nSPS) is 17.2. The molecular formula is C27H30N2O. The third-order valence-corrected chi connectivity index (χ3v) is 6.53. The van der Waals surface area contributed by atoms with E-state index in [0.29, 0.717) is 0 Å². The summed E-state index contributed by atoms with van der Waals surface area (Å²) >= 11 is 0. The van der Waals surface area contributed by atoms with Gasteiger partial charge in [-0.15, -0.1) is 0 Å². The molecule has 154 valence electrons. The molecule has 3 heteroatoms. The average molecular weight is 399 g/mol. The van der Waals surface area contributed by atoms with Crippen molar-refractivity contribution >= 4 is 5.91 Å². The fraction of sp³-hybridized carbons (Fsp3) is 0.296. The number of benzene rings is 3. The molecule has 3 nitrogen and oxygen atoms in total. The van der Waals surface area contributed by atoms with Gasteiger partial charge in [-0.2, -0.15) is 0 Å². The number of nitrogens with zero attached hydrogens (tertiary/aromatic N) is 1. The van der Waals surface area contributed by atoms with Gasteiger partial charge >= 0.3 is 0 Å². The van der Waals surface area contributed by atoms with Crippen LogP contribution in [0.1, 0.15) is 28.7 Å². The number of hydrogen-bond acceptors (Lipinski definition) is 2. The van der Waals surface area contributed by atoms with Gasteiger partial charge in [-0.3, -0.25) is 4.79 Å². The van der Waals surface area contributed by atoms with E-state index in [1.165, 1.54) is 11.1 Å². The number of rotatable bonds is 7. The van der Waals surface area contributed by atoms with Crippen molar-refractivity contribution in [2.24, 2.45) is 11.7 Å². The molecule has 1 aliphatic rings. The summed E-state index contributed by atoms with van der Waals surface area (Å²) in [6.45, 7) is 5.00. The van der Waals surface area contributed by atoms with Gasteiger partial charge in [0.1, 0.15) is 5.41 Å². The van der Waals surface area contributed by atoms with Gasteiger partial charge in [0.25, 0.3) is 0 Å². The minimum Gasteiger partial charge on any atom is -0.369 e. The summed E-state index contributed by atoms with van der Waals surface area (Å²) in [7, 11) is 0. The molecule has 3 aromatic rings. The zero-order valence-electron chi connectivity index (χ0n) is 17.6. The SMILES string of the molecule is Cc1cccc(CCN2CCC(C(C(N)=O)(c3ccccc3)c3ccccc3)C2)c1. The fourth-order valence-corrected chi connectivity index (χ4v) is 5.07. The molecule has 2 N–H and O–H groups in total. The lowest BCUT2D eigenvalue weighted by atomic mass is 9.64. The van der Waals surface area contributed by atoms with Gasteiger partial charge < -0.3 is 10.6 Å². The fourth-order valence-electron chi connectivity index (χ4n) is 5.07. The molecule has 3 aromatic carbocycles. The molecule has 1 aliphatic heterocycles. The van der Waals surface area contributed by atoms with Gasteiger partial charge in [0.2, 0.25) is 5.91 Å². The second-order valence-corrected chi connectivity index (χ2v) is 8.43. The maximum absolute atomic E-state index is 13.1. The molecule has 1 unspecified atom stereocenters. The molecule has 0 radical (unpaired) electrons. The van der Waals surface area contributed by atoms with Crippen LogP contribution in [0.5, 0.6) is 0 Å². The number of primary amides is 1. The highest BCUT2D eigenvalue weighted by molar-refractivity contribution is 5.91. The summed E-state index contributed by atoms with van der Waals surface area (Å²) in [5, 5.41) is 0. The lowest BCUT2D eigenvalue weighted by molar-refractivity contribution is -0.123. The summed E-state index contributed by atoms with van der Waals surface area (Å²) in [5.74, 6) is -0.109. The average Bonchev–Trinajstić information content (AvgIpc) is 3.23. The molecule has 4 rings (SSSR count). The van der Waals surface area contributed by atoms with Crippen LogP contribution in [0.2, 0.25) is 0 Å². The zero-order valence-corrected chi connectivity index (χ0v) is 17.6. The first-order chi connectivity index (χ1) is 14.6. The molecule has 1 fully saturated rings. The van der Waals surface area contributed by atoms with Crippen molar-refractivity contribution in [3.63, 3.8) is 0 Å². The molecule has 1 amide bonds. The van der Waals surface area contributed by atoms with Crippen molar-refractivity contribution in [3.8, 4) is 0 Å². The molecule has 0 bridgehead atoms. The maximum Gasteiger partial charge on any atom is 0.232 e. The number of amides is 1. The van der Waals surface area contributed by atoms with E-state index in [1.54, 1.807) is 0 Å². The van der Waals surface area contributed by atoms with E-state index in [-0.39, 0.29) is 11.8 Å². The predicted molar refractivity (Wildman–Crippen MR) is 122 cm³/mol. The number of aryl methyl sites for hydroxylation is 1. The Hall–Kier alpha value is -2.91. The Morgan fingerprint density at radius 2 is 1.60 bits per heavy atom. The summed E-state index contributed by atoms with van der Waals surface area (Å²) in [4.78, 5) is 15.6. The summed E-state index contributed by atoms with van der Waals surface area (Å²) in [5.41, 5.74) is 10.0. The number of likely N-dealkylation sites (tertiary alicyclic amines) is 1. The number of carbonyl (C=O) groups is 1. The topological polar surface area (TPSA) is 46.3 Å². The Bertz CT molecular complexity index is 945. The Kier molecular flexibility index (Phi) is 6.01. The van der Waals surface area contributed by atoms with E-state index in [2.05, 4.69) is 36.1 Å². The lowest BCUT2D eigenvalue weighted by Crippen LogP contribution is -2.49. The Balaban J connectivity index is 1.61. The molecule has 1 saturated heterocycles. The molecular weight excluding hydrogens is 368 g/mol. The summed E-state index contributed by atoms with van der Waals surface area (Å²) in [6.07, 6.45) is 1.98. The van der Waals surface area contributed by atoms with Crippen molar-refractivity contribution in [3.05, 3.63) is 107 Å². The first-order valence-electron chi connectivity index (χ1n) is 10.8. The monoisotopic (exact) mass is 398 g/mol. The van der Waals surface area contributed by atoms with Gasteiger partial charge in [-0.25, -0.2) is 0 Å². The van der Waals surface area contributed by atoms with Crippen molar-refractivity contribution < 1.29 is 4.79 Å². The predicted octanol–water partition coefficient (Wildman–Crippen LogP) is 4.33. The van der Waals surface area contributed by atoms with E-state index in [1.807, 2.05) is 60.7 Å². The van der Waals surface area contributed by atoms with Crippen LogP contribution in [0.4, 0.5) is 0 Å². The van der Waals surface area contributed by atoms with Crippen LogP contribution in [-0.4, -0.2) is 30.4 Å². The third-order valence-electron chi connectivity index (χ3n) is 6.53. The second-order valence-electron chi connectivity index (χ2n) is 8.43. The smallest absolute Gasteiger partial charge is 0.232 e. The van der Waals surface area contributed by atoms with Crippen molar-refractivity contribution in [2.75, 3.05) is 19.6 Å². The number of carbonyl (C=O) groups excluding carboxylic acids is 1. The van der Waals surface area contributed by atoms with Crippen LogP contribution in [-0.2, 0) is 16.6 Å². The minimum absolute atomic E-state index is 0.150. The van der Waals surface area contributed by atoms with Gasteiger partial charge in [0.15, 0.2) is 0 Å². The first kappa shape index (κ1) is 20.4. The van der Waals surface area contributed by atoms with Gasteiger partial charge in [-0.05, 0) is 48.9 Å². The van der Waals surface area contributed by atoms with Gasteiger partial charge in [0.05, 0.1) is 0 Å². The molecule has 0 aliphatic carbocycles. The highest BCUT2D eigenvalue weighted by Crippen LogP contribution is 2.43. The van der Waals surface area contributed by atoms with Crippen LogP contribution in [0.15, 0.2) is 84.9 Å². The minimum atomic E-state index is -0.805. The highest BCUT2D eigenvalue weighted by atomic mass is 16.1. The van der Waals surface area contributed by atoms with E-state index in [9.17, 15) is 4.79 Å². The van der Waals surface area contributed by atoms with Crippen LogP contribution in [0, 0.1) is 12.8 Å². The molecule has 0 saturated carbocycles. The zero-order chi connectivity index (χ0) is 21.0. The summed E-state index contributed by atoms with van der Waals surface area (Å²) in [6, 6.07) is 28.9. The van der Waals surface area contributed by atoms with E-state index < -0.39 is 5.41 Å². The molecule has 1 heterocycles. The van der Waals surface area contributed by atoms with Crippen LogP contribution in [0.3, 0.4) is 0 Å². The Morgan fingerprint density at radius 1 is 0.967 bits per heavy atom. The van der Waals surface area contributed by atoms with E-state index in [4.69, 9.17) is 5.73 Å². The molecule has 1 atom stereocenters. The van der Waals surface area contributed by atoms with Gasteiger partial charge in [0, 0.05) is 13.1 Å². The number of hydrogen-bond donors (Lipinski definition) is 1. The molecule has 30 heavy (non-hydrogen) atoms. The van der Waals surface area contributed by atoms with Gasteiger partial charge in [-0.1, -0.05) is 90.5 Å². The molecule has 0 aromatic heterocycles. The quantitative estimate of drug-likeness (QED) is 0.644. The van der Waals surface area contributed by atoms with E-state index in [0.717, 1.165) is 43.6 Å². The Labute approximate surface area is 179 Å². The summed E-state index contributed by atoms with van der Waals surface area (Å²) < 4.78 is 0. The Morgan fingerprint density at radius 3 is 2.17 bits per heavy atom. The van der Waals surface area contributed by atoms with Crippen molar-refractivity contribution in [2.45, 2.75) is 25.2 Å². The molecule has 0 spiro atoms. The largest absolute Gasteiger partial charge is 0.369 e. The van der Waals surface area contributed by atoms with Crippen molar-refractivity contribution in [1.29, 1.82) is 0 Å². The number of nitrogens with two attached hydrogens (primary N) is 1. The van der Waals surface area contributed by atoms with Crippen LogP contribution >= 0.6 is 0 Å². The van der Waals surface area contributed by atoms with Crippen LogP contribution in [0.25, 0.3) is 0 Å². The second kappa shape index (κ2) is 8.85. The van der Waals surface area contributed by atoms with Crippen molar-refractivity contribution in [1.82, 2.24) is 4.90 Å². The standard InChI is InChI=1S/C27H30N2O/c1-21-9-8-10-22(19-21)15-17-29-18-16-25(20-29)27(26(28)30,23-11-4-2-5-12-23)24-13-6-3-7-14-24/h2-14,19,25H,15-18,20H2,1H3,(H2,28,30). The highest BCUT2D eigenvalue weighted by Gasteiger charge is 2.49. The third kappa shape index (κ3) is 3.90. The maximum atomic E-state index is 13.1.